The SMILES string of the molecule is CC(C)(N)C(=O)NCCC1CCCCC1O[N+](=O)[O-]. The van der Waals surface area contributed by atoms with Crippen LogP contribution in [0.2, 0.25) is 0 Å². The second-order valence-electron chi connectivity index (χ2n) is 5.68. The van der Waals surface area contributed by atoms with Crippen LogP contribution in [0, 0.1) is 16.0 Å². The van der Waals surface area contributed by atoms with Crippen LogP contribution in [0.25, 0.3) is 0 Å². The zero-order chi connectivity index (χ0) is 14.5. The fourth-order valence-corrected chi connectivity index (χ4v) is 2.35. The molecule has 0 heterocycles. The molecule has 3 N–H and O–H groups in total. The van der Waals surface area contributed by atoms with Crippen molar-refractivity contribution < 1.29 is 14.7 Å². The molecule has 7 heteroatoms. The quantitative estimate of drug-likeness (QED) is 0.554. The molecule has 1 rings (SSSR count). The minimum atomic E-state index is -0.900. The molecule has 0 bridgehead atoms. The smallest absolute Gasteiger partial charge is 0.294 e. The maximum Gasteiger partial charge on any atom is 0.294 e. The molecule has 1 aliphatic carbocycles. The number of hydrogen-bond donors (Lipinski definition) is 2. The lowest BCUT2D eigenvalue weighted by molar-refractivity contribution is -0.771. The Balaban J connectivity index is 2.37. The molecule has 110 valence electrons. The summed E-state index contributed by atoms with van der Waals surface area (Å²) in [7, 11) is 0. The zero-order valence-electron chi connectivity index (χ0n) is 11.6. The first-order chi connectivity index (χ1) is 8.80. The van der Waals surface area contributed by atoms with Gasteiger partial charge in [0.15, 0.2) is 0 Å². The second-order valence-corrected chi connectivity index (χ2v) is 5.68. The van der Waals surface area contributed by atoms with E-state index in [0.29, 0.717) is 19.4 Å². The van der Waals surface area contributed by atoms with Gasteiger partial charge in [-0.15, -0.1) is 10.1 Å². The lowest BCUT2D eigenvalue weighted by Crippen LogP contribution is -2.49. The van der Waals surface area contributed by atoms with Gasteiger partial charge in [0.2, 0.25) is 5.91 Å². The number of rotatable bonds is 6. The van der Waals surface area contributed by atoms with E-state index in [2.05, 4.69) is 5.32 Å². The second kappa shape index (κ2) is 6.70. The first-order valence-electron chi connectivity index (χ1n) is 6.69. The third-order valence-corrected chi connectivity index (χ3v) is 3.45. The Bertz CT molecular complexity index is 327. The van der Waals surface area contributed by atoms with E-state index in [1.54, 1.807) is 13.8 Å². The lowest BCUT2D eigenvalue weighted by Gasteiger charge is -2.30. The summed E-state index contributed by atoms with van der Waals surface area (Å²) in [4.78, 5) is 26.7. The van der Waals surface area contributed by atoms with Crippen LogP contribution in [0.15, 0.2) is 0 Å². The molecule has 7 nitrogen and oxygen atoms in total. The highest BCUT2D eigenvalue weighted by Crippen LogP contribution is 2.29. The monoisotopic (exact) mass is 273 g/mol. The minimum Gasteiger partial charge on any atom is -0.355 e. The van der Waals surface area contributed by atoms with Gasteiger partial charge in [0.05, 0.1) is 5.54 Å². The largest absolute Gasteiger partial charge is 0.355 e. The van der Waals surface area contributed by atoms with Crippen LogP contribution in [-0.2, 0) is 9.63 Å². The molecule has 0 aliphatic heterocycles. The molecule has 0 aromatic heterocycles. The van der Waals surface area contributed by atoms with E-state index in [1.807, 2.05) is 0 Å². The maximum atomic E-state index is 11.6. The van der Waals surface area contributed by atoms with Gasteiger partial charge in [-0.2, -0.15) is 0 Å². The molecule has 2 unspecified atom stereocenters. The van der Waals surface area contributed by atoms with Crippen LogP contribution in [0.5, 0.6) is 0 Å². The Morgan fingerprint density at radius 1 is 1.47 bits per heavy atom. The van der Waals surface area contributed by atoms with Crippen molar-refractivity contribution >= 4 is 5.91 Å². The van der Waals surface area contributed by atoms with Crippen molar-refractivity contribution in [3.8, 4) is 0 Å². The average molecular weight is 273 g/mol. The third kappa shape index (κ3) is 5.42. The van der Waals surface area contributed by atoms with Crippen molar-refractivity contribution in [3.05, 3.63) is 10.1 Å². The molecule has 2 atom stereocenters. The highest BCUT2D eigenvalue weighted by molar-refractivity contribution is 5.84. The van der Waals surface area contributed by atoms with Crippen molar-refractivity contribution in [2.24, 2.45) is 11.7 Å². The molecule has 19 heavy (non-hydrogen) atoms. The molecule has 1 saturated carbocycles. The van der Waals surface area contributed by atoms with E-state index in [1.165, 1.54) is 0 Å². The van der Waals surface area contributed by atoms with Crippen LogP contribution in [0.4, 0.5) is 0 Å². The molecule has 1 amide bonds. The van der Waals surface area contributed by atoms with E-state index in [-0.39, 0.29) is 17.9 Å². The maximum absolute atomic E-state index is 11.6. The fraction of sp³-hybridized carbons (Fsp3) is 0.917. The van der Waals surface area contributed by atoms with Crippen LogP contribution in [0.3, 0.4) is 0 Å². The first kappa shape index (κ1) is 15.7. The summed E-state index contributed by atoms with van der Waals surface area (Å²) in [6.45, 7) is 3.75. The summed E-state index contributed by atoms with van der Waals surface area (Å²) in [5.41, 5.74) is 4.77. The highest BCUT2D eigenvalue weighted by Gasteiger charge is 2.28. The number of amides is 1. The molecular weight excluding hydrogens is 250 g/mol. The summed E-state index contributed by atoms with van der Waals surface area (Å²) < 4.78 is 0. The standard InChI is InChI=1S/C12H23N3O4/c1-12(2,13)11(16)14-8-7-9-5-3-4-6-10(9)19-15(17)18/h9-10H,3-8,13H2,1-2H3,(H,14,16). The van der Waals surface area contributed by atoms with E-state index in [0.717, 1.165) is 19.3 Å². The molecule has 1 aliphatic rings. The number of carbonyl (C=O) groups is 1. The topological polar surface area (TPSA) is 107 Å². The summed E-state index contributed by atoms with van der Waals surface area (Å²) in [6, 6.07) is 0. The summed E-state index contributed by atoms with van der Waals surface area (Å²) in [6.07, 6.45) is 3.96. The third-order valence-electron chi connectivity index (χ3n) is 3.45. The molecule has 1 fully saturated rings. The highest BCUT2D eigenvalue weighted by atomic mass is 17.0. The van der Waals surface area contributed by atoms with Crippen molar-refractivity contribution in [1.29, 1.82) is 0 Å². The van der Waals surface area contributed by atoms with Crippen molar-refractivity contribution in [3.63, 3.8) is 0 Å². The van der Waals surface area contributed by atoms with E-state index >= 15 is 0 Å². The Morgan fingerprint density at radius 2 is 2.11 bits per heavy atom. The Labute approximate surface area is 113 Å². The number of hydrogen-bond acceptors (Lipinski definition) is 5. The minimum absolute atomic E-state index is 0.125. The van der Waals surface area contributed by atoms with Gasteiger partial charge in [-0.05, 0) is 39.0 Å². The zero-order valence-corrected chi connectivity index (χ0v) is 11.6. The predicted molar refractivity (Wildman–Crippen MR) is 69.7 cm³/mol. The van der Waals surface area contributed by atoms with Gasteiger partial charge in [-0.25, -0.2) is 0 Å². The Morgan fingerprint density at radius 3 is 2.68 bits per heavy atom. The van der Waals surface area contributed by atoms with Crippen LogP contribution >= 0.6 is 0 Å². The summed E-state index contributed by atoms with van der Waals surface area (Å²) in [5.74, 6) is -0.0876. The average Bonchev–Trinajstić information content (AvgIpc) is 2.29. The predicted octanol–water partition coefficient (Wildman–Crippen LogP) is 0.997. The van der Waals surface area contributed by atoms with Crippen LogP contribution in [0.1, 0.15) is 46.0 Å². The number of carbonyl (C=O) groups excluding carboxylic acids is 1. The van der Waals surface area contributed by atoms with Crippen LogP contribution < -0.4 is 11.1 Å². The summed E-state index contributed by atoms with van der Waals surface area (Å²) in [5, 5.41) is 12.5. The van der Waals surface area contributed by atoms with Gasteiger partial charge in [0, 0.05) is 6.54 Å². The van der Waals surface area contributed by atoms with Gasteiger partial charge in [-0.1, -0.05) is 12.8 Å². The molecule has 0 aromatic rings. The van der Waals surface area contributed by atoms with E-state index in [4.69, 9.17) is 10.6 Å². The number of nitrogens with two attached hydrogens (primary N) is 1. The Hall–Kier alpha value is -1.37. The normalized spacial score (nSPS) is 23.7. The number of nitrogens with one attached hydrogen (secondary N) is 1. The fourth-order valence-electron chi connectivity index (χ4n) is 2.35. The van der Waals surface area contributed by atoms with Gasteiger partial charge >= 0.3 is 0 Å². The van der Waals surface area contributed by atoms with Crippen molar-refractivity contribution in [2.45, 2.75) is 57.6 Å². The molecule has 0 spiro atoms. The molecule has 0 radical (unpaired) electrons. The van der Waals surface area contributed by atoms with Gasteiger partial charge < -0.3 is 15.9 Å². The molecule has 0 saturated heterocycles. The van der Waals surface area contributed by atoms with E-state index in [9.17, 15) is 14.9 Å². The number of nitrogens with zero attached hydrogens (tertiary/aromatic N) is 1. The van der Waals surface area contributed by atoms with Gasteiger partial charge in [-0.3, -0.25) is 4.79 Å². The Kier molecular flexibility index (Phi) is 5.53. The van der Waals surface area contributed by atoms with Gasteiger partial charge in [0.25, 0.3) is 5.09 Å². The van der Waals surface area contributed by atoms with Crippen LogP contribution in [-0.4, -0.2) is 29.2 Å². The van der Waals surface area contributed by atoms with Crippen molar-refractivity contribution in [2.75, 3.05) is 6.54 Å². The van der Waals surface area contributed by atoms with E-state index < -0.39 is 10.6 Å². The van der Waals surface area contributed by atoms with Gasteiger partial charge in [0.1, 0.15) is 6.10 Å². The first-order valence-corrected chi connectivity index (χ1v) is 6.69. The molecular formula is C12H23N3O4. The summed E-state index contributed by atoms with van der Waals surface area (Å²) >= 11 is 0. The lowest BCUT2D eigenvalue weighted by atomic mass is 9.84. The molecule has 0 aromatic carbocycles. The van der Waals surface area contributed by atoms with Crippen molar-refractivity contribution in [1.82, 2.24) is 5.32 Å².